The maximum atomic E-state index is 12.7. The number of nitrogens with zero attached hydrogens (tertiary/aromatic N) is 1. The first kappa shape index (κ1) is 17.4. The number of hydrogen-bond acceptors (Lipinski definition) is 3. The van der Waals surface area contributed by atoms with Crippen LogP contribution >= 0.6 is 0 Å². The van der Waals surface area contributed by atoms with Crippen molar-refractivity contribution < 1.29 is 9.59 Å². The van der Waals surface area contributed by atoms with Crippen LogP contribution in [0.2, 0.25) is 0 Å². The fourth-order valence-corrected chi connectivity index (χ4v) is 4.23. The van der Waals surface area contributed by atoms with Crippen LogP contribution in [0, 0.1) is 5.41 Å². The molecule has 0 aromatic heterocycles. The smallest absolute Gasteiger partial charge is 0.240 e. The third-order valence-electron chi connectivity index (χ3n) is 6.16. The monoisotopic (exact) mass is 355 g/mol. The standard InChI is InChI=1S/C21H29N3O2/c25-19(22-16-6-2-1-3-7-16)21(12-13-21)20(26)23-17-8-10-18(11-9-17)24-14-4-5-15-24/h8-11,16H,1-7,12-15H2,(H,22,25)(H,23,26). The zero-order valence-corrected chi connectivity index (χ0v) is 15.4. The number of hydrogen-bond donors (Lipinski definition) is 2. The largest absolute Gasteiger partial charge is 0.372 e. The molecule has 4 rings (SSSR count). The van der Waals surface area contributed by atoms with E-state index in [1.54, 1.807) is 0 Å². The van der Waals surface area contributed by atoms with Crippen molar-refractivity contribution in [2.24, 2.45) is 5.41 Å². The van der Waals surface area contributed by atoms with Crippen molar-refractivity contribution >= 4 is 23.2 Å². The summed E-state index contributed by atoms with van der Waals surface area (Å²) in [6.45, 7) is 2.21. The summed E-state index contributed by atoms with van der Waals surface area (Å²) in [6.07, 6.45) is 9.50. The molecule has 5 heteroatoms. The van der Waals surface area contributed by atoms with E-state index in [1.165, 1.54) is 37.8 Å². The van der Waals surface area contributed by atoms with Crippen molar-refractivity contribution in [1.82, 2.24) is 5.32 Å². The Labute approximate surface area is 155 Å². The van der Waals surface area contributed by atoms with Gasteiger partial charge in [0, 0.05) is 30.5 Å². The summed E-state index contributed by atoms with van der Waals surface area (Å²) in [7, 11) is 0. The van der Waals surface area contributed by atoms with E-state index >= 15 is 0 Å². The van der Waals surface area contributed by atoms with Gasteiger partial charge in [0.1, 0.15) is 5.41 Å². The molecule has 2 aliphatic carbocycles. The van der Waals surface area contributed by atoms with Crippen LogP contribution in [0.3, 0.4) is 0 Å². The Morgan fingerprint density at radius 1 is 0.885 bits per heavy atom. The van der Waals surface area contributed by atoms with Crippen LogP contribution in [0.25, 0.3) is 0 Å². The van der Waals surface area contributed by atoms with Crippen LogP contribution in [0.15, 0.2) is 24.3 Å². The Bertz CT molecular complexity index is 654. The lowest BCUT2D eigenvalue weighted by Crippen LogP contribution is -2.45. The van der Waals surface area contributed by atoms with Crippen molar-refractivity contribution in [3.8, 4) is 0 Å². The summed E-state index contributed by atoms with van der Waals surface area (Å²) in [5.74, 6) is -0.227. The molecular formula is C21H29N3O2. The molecule has 0 radical (unpaired) electrons. The van der Waals surface area contributed by atoms with E-state index < -0.39 is 5.41 Å². The van der Waals surface area contributed by atoms with Crippen LogP contribution in [-0.4, -0.2) is 30.9 Å². The molecule has 0 unspecified atom stereocenters. The average molecular weight is 355 g/mol. The first-order valence-corrected chi connectivity index (χ1v) is 10.1. The third-order valence-corrected chi connectivity index (χ3v) is 6.16. The number of carbonyl (C=O) groups is 2. The van der Waals surface area contributed by atoms with Gasteiger partial charge in [-0.2, -0.15) is 0 Å². The summed E-state index contributed by atoms with van der Waals surface area (Å²) in [6, 6.07) is 8.26. The Morgan fingerprint density at radius 2 is 1.54 bits per heavy atom. The lowest BCUT2D eigenvalue weighted by atomic mass is 9.94. The highest BCUT2D eigenvalue weighted by Crippen LogP contribution is 2.47. The van der Waals surface area contributed by atoms with Gasteiger partial charge in [-0.25, -0.2) is 0 Å². The van der Waals surface area contributed by atoms with Gasteiger partial charge in [-0.1, -0.05) is 19.3 Å². The van der Waals surface area contributed by atoms with E-state index in [4.69, 9.17) is 0 Å². The number of amides is 2. The quantitative estimate of drug-likeness (QED) is 0.795. The Hall–Kier alpha value is -2.04. The predicted octanol–water partition coefficient (Wildman–Crippen LogP) is 3.45. The van der Waals surface area contributed by atoms with Crippen LogP contribution in [-0.2, 0) is 9.59 Å². The number of anilines is 2. The van der Waals surface area contributed by atoms with Gasteiger partial charge < -0.3 is 15.5 Å². The highest BCUT2D eigenvalue weighted by atomic mass is 16.2. The molecule has 2 amide bonds. The van der Waals surface area contributed by atoms with Gasteiger partial charge in [-0.15, -0.1) is 0 Å². The molecule has 3 aliphatic rings. The number of nitrogens with one attached hydrogen (secondary N) is 2. The fraction of sp³-hybridized carbons (Fsp3) is 0.619. The molecule has 26 heavy (non-hydrogen) atoms. The van der Waals surface area contributed by atoms with E-state index in [0.29, 0.717) is 12.8 Å². The van der Waals surface area contributed by atoms with Crippen LogP contribution < -0.4 is 15.5 Å². The third kappa shape index (κ3) is 3.57. The lowest BCUT2D eigenvalue weighted by Gasteiger charge is -2.25. The summed E-state index contributed by atoms with van der Waals surface area (Å²) < 4.78 is 0. The Balaban J connectivity index is 1.35. The molecule has 1 saturated heterocycles. The maximum Gasteiger partial charge on any atom is 0.240 e. The van der Waals surface area contributed by atoms with Gasteiger partial charge >= 0.3 is 0 Å². The summed E-state index contributed by atoms with van der Waals surface area (Å²) in [5.41, 5.74) is 1.14. The minimum absolute atomic E-state index is 0.0735. The van der Waals surface area contributed by atoms with Crippen LogP contribution in [0.4, 0.5) is 11.4 Å². The fourth-order valence-electron chi connectivity index (χ4n) is 4.23. The number of carbonyl (C=O) groups excluding carboxylic acids is 2. The molecule has 1 aromatic rings. The molecular weight excluding hydrogens is 326 g/mol. The molecule has 2 N–H and O–H groups in total. The van der Waals surface area contributed by atoms with Gasteiger partial charge in [-0.3, -0.25) is 9.59 Å². The summed E-state index contributed by atoms with van der Waals surface area (Å²) in [4.78, 5) is 27.8. The van der Waals surface area contributed by atoms with E-state index in [-0.39, 0.29) is 17.9 Å². The van der Waals surface area contributed by atoms with Crippen molar-refractivity contribution in [2.75, 3.05) is 23.3 Å². The molecule has 0 atom stereocenters. The topological polar surface area (TPSA) is 61.4 Å². The minimum Gasteiger partial charge on any atom is -0.372 e. The predicted molar refractivity (Wildman–Crippen MR) is 103 cm³/mol. The zero-order valence-electron chi connectivity index (χ0n) is 15.4. The number of benzene rings is 1. The summed E-state index contributed by atoms with van der Waals surface area (Å²) >= 11 is 0. The molecule has 2 saturated carbocycles. The number of rotatable bonds is 5. The van der Waals surface area contributed by atoms with Gasteiger partial charge in [0.15, 0.2) is 0 Å². The highest BCUT2D eigenvalue weighted by Gasteiger charge is 2.56. The molecule has 5 nitrogen and oxygen atoms in total. The van der Waals surface area contributed by atoms with Crippen LogP contribution in [0.1, 0.15) is 57.8 Å². The molecule has 1 aliphatic heterocycles. The zero-order chi connectivity index (χ0) is 18.0. The molecule has 140 valence electrons. The molecule has 3 fully saturated rings. The first-order valence-electron chi connectivity index (χ1n) is 10.1. The van der Waals surface area contributed by atoms with Crippen molar-refractivity contribution in [1.29, 1.82) is 0 Å². The van der Waals surface area contributed by atoms with Crippen molar-refractivity contribution in [3.63, 3.8) is 0 Å². The maximum absolute atomic E-state index is 12.7. The molecule has 0 spiro atoms. The average Bonchev–Trinajstić information content (AvgIpc) is 3.31. The lowest BCUT2D eigenvalue weighted by molar-refractivity contribution is -0.135. The van der Waals surface area contributed by atoms with Gasteiger partial charge in [0.2, 0.25) is 11.8 Å². The highest BCUT2D eigenvalue weighted by molar-refractivity contribution is 6.13. The minimum atomic E-state index is -0.842. The van der Waals surface area contributed by atoms with Crippen molar-refractivity contribution in [3.05, 3.63) is 24.3 Å². The molecule has 1 aromatic carbocycles. The SMILES string of the molecule is O=C(Nc1ccc(N2CCCC2)cc1)C1(C(=O)NC2CCCCC2)CC1. The molecule has 0 bridgehead atoms. The van der Waals surface area contributed by atoms with E-state index in [0.717, 1.165) is 31.6 Å². The summed E-state index contributed by atoms with van der Waals surface area (Å²) in [5, 5.41) is 6.09. The second-order valence-electron chi connectivity index (χ2n) is 8.09. The second-order valence-corrected chi connectivity index (χ2v) is 8.09. The van der Waals surface area contributed by atoms with Gasteiger partial charge in [0.25, 0.3) is 0 Å². The van der Waals surface area contributed by atoms with Gasteiger partial charge in [0.05, 0.1) is 0 Å². The van der Waals surface area contributed by atoms with E-state index in [9.17, 15) is 9.59 Å². The Kier molecular flexibility index (Phi) is 4.88. The second kappa shape index (κ2) is 7.29. The van der Waals surface area contributed by atoms with Gasteiger partial charge in [-0.05, 0) is 62.8 Å². The van der Waals surface area contributed by atoms with Crippen LogP contribution in [0.5, 0.6) is 0 Å². The van der Waals surface area contributed by atoms with Crippen molar-refractivity contribution in [2.45, 2.75) is 63.8 Å². The van der Waals surface area contributed by atoms with E-state index in [2.05, 4.69) is 27.7 Å². The Morgan fingerprint density at radius 3 is 2.15 bits per heavy atom. The van der Waals surface area contributed by atoms with E-state index in [1.807, 2.05) is 12.1 Å². The normalized spacial score (nSPS) is 22.1. The first-order chi connectivity index (χ1) is 12.7. The molecule has 1 heterocycles.